The zero-order valence-electron chi connectivity index (χ0n) is 5.70. The van der Waals surface area contributed by atoms with Crippen molar-refractivity contribution in [2.75, 3.05) is 0 Å². The van der Waals surface area contributed by atoms with Crippen LogP contribution in [0.3, 0.4) is 0 Å². The fourth-order valence-electron chi connectivity index (χ4n) is 0.685. The molecule has 0 atom stereocenters. The van der Waals surface area contributed by atoms with E-state index in [9.17, 15) is 0 Å². The van der Waals surface area contributed by atoms with Gasteiger partial charge in [-0.3, -0.25) is 0 Å². The van der Waals surface area contributed by atoms with Crippen molar-refractivity contribution in [3.8, 4) is 0 Å². The van der Waals surface area contributed by atoms with Gasteiger partial charge in [0, 0.05) is 15.8 Å². The Morgan fingerprint density at radius 1 is 1.18 bits per heavy atom. The van der Waals surface area contributed by atoms with Crippen molar-refractivity contribution in [3.63, 3.8) is 0 Å². The third-order valence-electron chi connectivity index (χ3n) is 1.14. The minimum Gasteiger partial charge on any atom is -0.0766 e. The van der Waals surface area contributed by atoms with Gasteiger partial charge >= 0.3 is 0 Å². The highest BCUT2D eigenvalue weighted by atomic mass is 35.7. The summed E-state index contributed by atoms with van der Waals surface area (Å²) >= 11 is 0. The van der Waals surface area contributed by atoms with Gasteiger partial charge in [-0.1, -0.05) is 41.1 Å². The monoisotopic (exact) mass is 222 g/mol. The van der Waals surface area contributed by atoms with Crippen molar-refractivity contribution in [3.05, 3.63) is 35.9 Å². The number of rotatable bonds is 4. The summed E-state index contributed by atoms with van der Waals surface area (Å²) in [5, 5.41) is 0. The average molecular weight is 223 g/mol. The fraction of sp³-hybridized carbons (Fsp3) is 0.143. The van der Waals surface area contributed by atoms with Gasteiger partial charge in [-0.2, -0.15) is 0 Å². The number of halogens is 1. The zero-order valence-corrected chi connectivity index (χ0v) is 8.90. The van der Waals surface area contributed by atoms with E-state index < -0.39 is 0 Å². The van der Waals surface area contributed by atoms with Crippen molar-refractivity contribution in [2.24, 2.45) is 0 Å². The lowest BCUT2D eigenvalue weighted by atomic mass is 10.2. The molecule has 0 unspecified atom stereocenters. The van der Waals surface area contributed by atoms with Crippen LogP contribution in [0.25, 0.3) is 0 Å². The van der Waals surface area contributed by atoms with Gasteiger partial charge in [0.2, 0.25) is 0 Å². The van der Waals surface area contributed by atoms with E-state index in [1.807, 2.05) is 18.2 Å². The van der Waals surface area contributed by atoms with Crippen molar-refractivity contribution in [1.29, 1.82) is 0 Å². The first-order chi connectivity index (χ1) is 5.43. The Morgan fingerprint density at radius 2 is 1.91 bits per heavy atom. The van der Waals surface area contributed by atoms with Crippen LogP contribution in [0.2, 0.25) is 0 Å². The van der Waals surface area contributed by atoms with E-state index >= 15 is 0 Å². The molecule has 1 aromatic carbocycles. The van der Waals surface area contributed by atoms with Gasteiger partial charge in [0.25, 0.3) is 0 Å². The van der Waals surface area contributed by atoms with E-state index in [1.165, 1.54) is 15.6 Å². The van der Waals surface area contributed by atoms with Crippen LogP contribution in [0.4, 0.5) is 0 Å². The van der Waals surface area contributed by atoms with Crippen LogP contribution in [0, 0.1) is 0 Å². The molecule has 0 spiro atoms. The molecule has 0 aliphatic rings. The van der Waals surface area contributed by atoms with E-state index in [2.05, 4.69) is 12.1 Å². The molecule has 0 heterocycles. The van der Waals surface area contributed by atoms with Crippen molar-refractivity contribution in [2.45, 2.75) is 5.75 Å². The van der Waals surface area contributed by atoms with Crippen molar-refractivity contribution >= 4 is 41.3 Å². The molecule has 0 nitrogen and oxygen atoms in total. The maximum atomic E-state index is 5.43. The number of hydrogen-bond acceptors (Lipinski definition) is 3. The Labute approximate surface area is 82.8 Å². The number of hydrogen-bond donors (Lipinski definition) is 0. The zero-order chi connectivity index (χ0) is 7.94. The molecular weight excluding hydrogens is 216 g/mol. The average Bonchev–Trinajstić information content (AvgIpc) is 2.07. The Balaban J connectivity index is 2.28. The highest BCUT2D eigenvalue weighted by molar-refractivity contribution is 9.13. The molecule has 0 N–H and O–H groups in total. The largest absolute Gasteiger partial charge is 0.0766 e. The van der Waals surface area contributed by atoms with E-state index in [0.29, 0.717) is 0 Å². The summed E-state index contributed by atoms with van der Waals surface area (Å²) in [5.41, 5.74) is 1.34. The minimum absolute atomic E-state index is 1.02. The lowest BCUT2D eigenvalue weighted by Gasteiger charge is -1.96. The predicted octanol–water partition coefficient (Wildman–Crippen LogP) is 4.37. The molecule has 0 saturated heterocycles. The van der Waals surface area contributed by atoms with Gasteiger partial charge < -0.3 is 0 Å². The van der Waals surface area contributed by atoms with E-state index in [0.717, 1.165) is 5.75 Å². The summed E-state index contributed by atoms with van der Waals surface area (Å²) in [7, 11) is 10.1. The van der Waals surface area contributed by atoms with Gasteiger partial charge in [-0.15, -0.1) is 0 Å². The first-order valence-electron chi connectivity index (χ1n) is 3.04. The Kier molecular flexibility index (Phi) is 5.37. The van der Waals surface area contributed by atoms with Crippen LogP contribution >= 0.6 is 41.3 Å². The highest BCUT2D eigenvalue weighted by Gasteiger charge is 1.91. The van der Waals surface area contributed by atoms with Crippen LogP contribution < -0.4 is 0 Å². The molecule has 0 aromatic heterocycles. The normalized spacial score (nSPS) is 9.91. The molecular formula is C7H7ClS3. The summed E-state index contributed by atoms with van der Waals surface area (Å²) in [4.78, 5) is 0. The van der Waals surface area contributed by atoms with Crippen LogP contribution in [0.1, 0.15) is 5.56 Å². The molecule has 11 heavy (non-hydrogen) atoms. The molecule has 0 saturated carbocycles. The summed E-state index contributed by atoms with van der Waals surface area (Å²) in [6.07, 6.45) is 0. The van der Waals surface area contributed by atoms with Crippen LogP contribution in [0.15, 0.2) is 30.3 Å². The van der Waals surface area contributed by atoms with E-state index in [-0.39, 0.29) is 0 Å². The second-order valence-electron chi connectivity index (χ2n) is 1.88. The van der Waals surface area contributed by atoms with Gasteiger partial charge in [-0.05, 0) is 26.1 Å². The van der Waals surface area contributed by atoms with Gasteiger partial charge in [0.15, 0.2) is 0 Å². The number of benzene rings is 1. The molecule has 0 amide bonds. The summed E-state index contributed by atoms with van der Waals surface area (Å²) in [5.74, 6) is 1.02. The molecule has 1 aromatic rings. The smallest absolute Gasteiger partial charge is 0.0297 e. The predicted molar refractivity (Wildman–Crippen MR) is 58.8 cm³/mol. The second-order valence-corrected chi connectivity index (χ2v) is 6.52. The standard InChI is InChI=1S/C7H7ClS3/c8-10-11-9-6-7-4-2-1-3-5-7/h1-5H,6H2. The third-order valence-corrected chi connectivity index (χ3v) is 5.26. The molecule has 60 valence electrons. The fourth-order valence-corrected chi connectivity index (χ4v) is 3.50. The van der Waals surface area contributed by atoms with Crippen molar-refractivity contribution in [1.82, 2.24) is 0 Å². The second kappa shape index (κ2) is 6.12. The van der Waals surface area contributed by atoms with Crippen LogP contribution in [-0.4, -0.2) is 0 Å². The van der Waals surface area contributed by atoms with Crippen molar-refractivity contribution < 1.29 is 0 Å². The molecule has 0 radical (unpaired) electrons. The summed E-state index contributed by atoms with van der Waals surface area (Å²) < 4.78 is 0. The van der Waals surface area contributed by atoms with E-state index in [1.54, 1.807) is 20.6 Å². The summed E-state index contributed by atoms with van der Waals surface area (Å²) in [6, 6.07) is 10.4. The first kappa shape index (κ1) is 9.65. The quantitative estimate of drug-likeness (QED) is 0.549. The molecule has 0 aliphatic carbocycles. The lowest BCUT2D eigenvalue weighted by molar-refractivity contribution is 1.43. The molecule has 4 heteroatoms. The van der Waals surface area contributed by atoms with Crippen LogP contribution in [0.5, 0.6) is 0 Å². The van der Waals surface area contributed by atoms with Gasteiger partial charge in [0.1, 0.15) is 0 Å². The maximum Gasteiger partial charge on any atom is 0.0297 e. The molecule has 0 bridgehead atoms. The third kappa shape index (κ3) is 4.21. The molecule has 1 rings (SSSR count). The Morgan fingerprint density at radius 3 is 2.55 bits per heavy atom. The van der Waals surface area contributed by atoms with Gasteiger partial charge in [-0.25, -0.2) is 0 Å². The lowest BCUT2D eigenvalue weighted by Crippen LogP contribution is -1.74. The van der Waals surface area contributed by atoms with Crippen LogP contribution in [-0.2, 0) is 5.75 Å². The SMILES string of the molecule is ClSSSCc1ccccc1. The Bertz CT molecular complexity index is 190. The van der Waals surface area contributed by atoms with E-state index in [4.69, 9.17) is 10.7 Å². The topological polar surface area (TPSA) is 0 Å². The molecule has 0 fully saturated rings. The molecule has 0 aliphatic heterocycles. The Hall–Kier alpha value is 0.560. The van der Waals surface area contributed by atoms with Gasteiger partial charge in [0.05, 0.1) is 0 Å². The highest BCUT2D eigenvalue weighted by Crippen LogP contribution is 2.38. The minimum atomic E-state index is 1.02. The first-order valence-corrected chi connectivity index (χ1v) is 7.52. The maximum absolute atomic E-state index is 5.43. The summed E-state index contributed by atoms with van der Waals surface area (Å²) in [6.45, 7) is 0.